The van der Waals surface area contributed by atoms with Gasteiger partial charge in [0, 0.05) is 17.7 Å². The second-order valence-corrected chi connectivity index (χ2v) is 5.90. The molecule has 0 aliphatic carbocycles. The summed E-state index contributed by atoms with van der Waals surface area (Å²) in [6.45, 7) is 0.428. The largest absolute Gasteiger partial charge is 0.495 e. The van der Waals surface area contributed by atoms with Crippen LogP contribution in [-0.2, 0) is 6.54 Å². The van der Waals surface area contributed by atoms with E-state index in [0.29, 0.717) is 29.1 Å². The molecule has 2 N–H and O–H groups in total. The Hall–Kier alpha value is -3.60. The average Bonchev–Trinajstić information content (AvgIpc) is 2.73. The molecule has 27 heavy (non-hydrogen) atoms. The lowest BCUT2D eigenvalue weighted by atomic mass is 10.1. The molecule has 3 aromatic rings. The van der Waals surface area contributed by atoms with Gasteiger partial charge in [0.25, 0.3) is 11.8 Å². The molecule has 0 unspecified atom stereocenters. The summed E-state index contributed by atoms with van der Waals surface area (Å²) in [7, 11) is 1.54. The first kappa shape index (κ1) is 18.2. The first-order chi connectivity index (χ1) is 13.2. The van der Waals surface area contributed by atoms with Crippen LogP contribution in [0.4, 0.5) is 5.69 Å². The van der Waals surface area contributed by atoms with Crippen molar-refractivity contribution in [1.82, 2.24) is 5.32 Å². The number of carbonyl (C=O) groups excluding carboxylic acids is 2. The summed E-state index contributed by atoms with van der Waals surface area (Å²) in [5.41, 5.74) is 2.41. The third-order valence-electron chi connectivity index (χ3n) is 4.04. The van der Waals surface area contributed by atoms with E-state index in [1.165, 1.54) is 0 Å². The van der Waals surface area contributed by atoms with Gasteiger partial charge in [-0.2, -0.15) is 0 Å². The molecule has 5 nitrogen and oxygen atoms in total. The molecular formula is C22H20N2O3. The SMILES string of the molecule is COc1ccccc1NC(=O)c1cccc(C(=O)NCc2ccccc2)c1. The van der Waals surface area contributed by atoms with E-state index in [0.717, 1.165) is 5.56 Å². The van der Waals surface area contributed by atoms with E-state index in [4.69, 9.17) is 4.74 Å². The summed E-state index contributed by atoms with van der Waals surface area (Å²) in [6, 6.07) is 23.4. The maximum atomic E-state index is 12.5. The van der Waals surface area contributed by atoms with Gasteiger partial charge < -0.3 is 15.4 Å². The summed E-state index contributed by atoms with van der Waals surface area (Å²) in [4.78, 5) is 24.9. The predicted octanol–water partition coefficient (Wildman–Crippen LogP) is 3.88. The highest BCUT2D eigenvalue weighted by molar-refractivity contribution is 6.06. The molecule has 0 aromatic heterocycles. The number of hydrogen-bond donors (Lipinski definition) is 2. The van der Waals surface area contributed by atoms with Crippen LogP contribution in [0.5, 0.6) is 5.75 Å². The van der Waals surface area contributed by atoms with E-state index < -0.39 is 0 Å². The minimum Gasteiger partial charge on any atom is -0.495 e. The maximum Gasteiger partial charge on any atom is 0.255 e. The van der Waals surface area contributed by atoms with Crippen molar-refractivity contribution < 1.29 is 14.3 Å². The molecule has 0 saturated heterocycles. The van der Waals surface area contributed by atoms with Crippen LogP contribution in [0.25, 0.3) is 0 Å². The third kappa shape index (κ3) is 4.73. The van der Waals surface area contributed by atoms with Gasteiger partial charge in [0.1, 0.15) is 5.75 Å². The Morgan fingerprint density at radius 3 is 2.22 bits per heavy atom. The number of amides is 2. The molecule has 0 atom stereocenters. The van der Waals surface area contributed by atoms with Crippen LogP contribution < -0.4 is 15.4 Å². The normalized spacial score (nSPS) is 10.1. The molecule has 0 spiro atoms. The van der Waals surface area contributed by atoms with Crippen molar-refractivity contribution in [3.63, 3.8) is 0 Å². The summed E-state index contributed by atoms with van der Waals surface area (Å²) < 4.78 is 5.24. The lowest BCUT2D eigenvalue weighted by Crippen LogP contribution is -2.23. The number of para-hydroxylation sites is 2. The van der Waals surface area contributed by atoms with Gasteiger partial charge >= 0.3 is 0 Å². The number of nitrogens with one attached hydrogen (secondary N) is 2. The van der Waals surface area contributed by atoms with Crippen molar-refractivity contribution in [2.45, 2.75) is 6.54 Å². The van der Waals surface area contributed by atoms with Crippen LogP contribution >= 0.6 is 0 Å². The Kier molecular flexibility index (Phi) is 5.84. The molecule has 0 radical (unpaired) electrons. The Morgan fingerprint density at radius 1 is 0.815 bits per heavy atom. The quantitative estimate of drug-likeness (QED) is 0.701. The number of anilines is 1. The first-order valence-corrected chi connectivity index (χ1v) is 8.54. The van der Waals surface area contributed by atoms with Gasteiger partial charge in [-0.15, -0.1) is 0 Å². The van der Waals surface area contributed by atoms with Gasteiger partial charge in [-0.1, -0.05) is 48.5 Å². The standard InChI is InChI=1S/C22H20N2O3/c1-27-20-13-6-5-12-19(20)24-22(26)18-11-7-10-17(14-18)21(25)23-15-16-8-3-2-4-9-16/h2-14H,15H2,1H3,(H,23,25)(H,24,26). The fraction of sp³-hybridized carbons (Fsp3) is 0.0909. The molecule has 3 aromatic carbocycles. The Bertz CT molecular complexity index is 939. The minimum atomic E-state index is -0.308. The molecule has 3 rings (SSSR count). The van der Waals surface area contributed by atoms with Crippen molar-refractivity contribution in [1.29, 1.82) is 0 Å². The topological polar surface area (TPSA) is 67.4 Å². The number of methoxy groups -OCH3 is 1. The van der Waals surface area contributed by atoms with E-state index in [1.54, 1.807) is 43.5 Å². The van der Waals surface area contributed by atoms with Gasteiger partial charge in [-0.25, -0.2) is 0 Å². The van der Waals surface area contributed by atoms with Gasteiger partial charge in [-0.05, 0) is 35.9 Å². The Balaban J connectivity index is 1.69. The summed E-state index contributed by atoms with van der Waals surface area (Å²) >= 11 is 0. The van der Waals surface area contributed by atoms with Crippen molar-refractivity contribution in [2.24, 2.45) is 0 Å². The predicted molar refractivity (Wildman–Crippen MR) is 105 cm³/mol. The van der Waals surface area contributed by atoms with Gasteiger partial charge in [0.15, 0.2) is 0 Å². The van der Waals surface area contributed by atoms with Crippen LogP contribution in [0.15, 0.2) is 78.9 Å². The lowest BCUT2D eigenvalue weighted by molar-refractivity contribution is 0.0951. The van der Waals surface area contributed by atoms with E-state index in [2.05, 4.69) is 10.6 Å². The Labute approximate surface area is 158 Å². The zero-order chi connectivity index (χ0) is 19.1. The van der Waals surface area contributed by atoms with Gasteiger partial charge in [-0.3, -0.25) is 9.59 Å². The summed E-state index contributed by atoms with van der Waals surface area (Å²) in [5, 5.41) is 5.66. The van der Waals surface area contributed by atoms with Crippen LogP contribution in [0.3, 0.4) is 0 Å². The Morgan fingerprint density at radius 2 is 1.48 bits per heavy atom. The molecule has 0 heterocycles. The highest BCUT2D eigenvalue weighted by Crippen LogP contribution is 2.23. The molecule has 5 heteroatoms. The minimum absolute atomic E-state index is 0.231. The zero-order valence-corrected chi connectivity index (χ0v) is 14.9. The van der Waals surface area contributed by atoms with Crippen LogP contribution in [0.1, 0.15) is 26.3 Å². The smallest absolute Gasteiger partial charge is 0.255 e. The molecular weight excluding hydrogens is 340 g/mol. The number of carbonyl (C=O) groups is 2. The molecule has 0 bridgehead atoms. The molecule has 0 aliphatic rings. The van der Waals surface area contributed by atoms with E-state index in [9.17, 15) is 9.59 Å². The van der Waals surface area contributed by atoms with Gasteiger partial charge in [0.2, 0.25) is 0 Å². The molecule has 0 saturated carbocycles. The van der Waals surface area contributed by atoms with Crippen LogP contribution in [0, 0.1) is 0 Å². The number of rotatable bonds is 6. The first-order valence-electron chi connectivity index (χ1n) is 8.54. The molecule has 136 valence electrons. The number of hydrogen-bond acceptors (Lipinski definition) is 3. The van der Waals surface area contributed by atoms with E-state index in [1.807, 2.05) is 42.5 Å². The zero-order valence-electron chi connectivity index (χ0n) is 14.9. The second-order valence-electron chi connectivity index (χ2n) is 5.90. The van der Waals surface area contributed by atoms with Crippen molar-refractivity contribution in [2.75, 3.05) is 12.4 Å². The molecule has 0 fully saturated rings. The molecule has 0 aliphatic heterocycles. The average molecular weight is 360 g/mol. The summed E-state index contributed by atoms with van der Waals surface area (Å²) in [6.07, 6.45) is 0. The van der Waals surface area contributed by atoms with Gasteiger partial charge in [0.05, 0.1) is 12.8 Å². The van der Waals surface area contributed by atoms with Crippen molar-refractivity contribution >= 4 is 17.5 Å². The van der Waals surface area contributed by atoms with Crippen molar-refractivity contribution in [3.8, 4) is 5.75 Å². The number of ether oxygens (including phenoxy) is 1. The van der Waals surface area contributed by atoms with E-state index in [-0.39, 0.29) is 11.8 Å². The highest BCUT2D eigenvalue weighted by Gasteiger charge is 2.12. The summed E-state index contributed by atoms with van der Waals surface area (Å²) in [5.74, 6) is 0.0330. The third-order valence-corrected chi connectivity index (χ3v) is 4.04. The lowest BCUT2D eigenvalue weighted by Gasteiger charge is -2.10. The highest BCUT2D eigenvalue weighted by atomic mass is 16.5. The van der Waals surface area contributed by atoms with Crippen molar-refractivity contribution in [3.05, 3.63) is 95.6 Å². The fourth-order valence-electron chi connectivity index (χ4n) is 2.62. The molecule has 2 amide bonds. The van der Waals surface area contributed by atoms with Crippen LogP contribution in [0.2, 0.25) is 0 Å². The number of benzene rings is 3. The van der Waals surface area contributed by atoms with Crippen LogP contribution in [-0.4, -0.2) is 18.9 Å². The second kappa shape index (κ2) is 8.67. The maximum absolute atomic E-state index is 12.5. The van der Waals surface area contributed by atoms with E-state index >= 15 is 0 Å². The fourth-order valence-corrected chi connectivity index (χ4v) is 2.62. The monoisotopic (exact) mass is 360 g/mol.